The molecule has 0 saturated carbocycles. The lowest BCUT2D eigenvalue weighted by molar-refractivity contribution is 0.101. The summed E-state index contributed by atoms with van der Waals surface area (Å²) in [7, 11) is 0. The topological polar surface area (TPSA) is 75.1 Å². The van der Waals surface area contributed by atoms with Crippen molar-refractivity contribution in [3.05, 3.63) is 46.8 Å². The Labute approximate surface area is 106 Å². The fraction of sp³-hybridized carbons (Fsp3) is 0. The fourth-order valence-corrected chi connectivity index (χ4v) is 1.43. The van der Waals surface area contributed by atoms with Crippen molar-refractivity contribution in [2.45, 2.75) is 0 Å². The van der Waals surface area contributed by atoms with Crippen LogP contribution in [-0.4, -0.2) is 21.0 Å². The number of carbonyl (C=O) groups is 1. The van der Waals surface area contributed by atoms with Crippen LogP contribution in [0.2, 0.25) is 0 Å². The number of aromatic nitrogens is 2. The van der Waals surface area contributed by atoms with E-state index in [1.165, 1.54) is 12.3 Å². The minimum atomic E-state index is -0.502. The molecule has 17 heavy (non-hydrogen) atoms. The third-order valence-corrected chi connectivity index (χ3v) is 2.44. The van der Waals surface area contributed by atoms with Gasteiger partial charge in [0.1, 0.15) is 11.6 Å². The van der Waals surface area contributed by atoms with Crippen molar-refractivity contribution >= 4 is 27.7 Å². The Balaban J connectivity index is 2.17. The molecule has 0 aromatic carbocycles. The maximum absolute atomic E-state index is 11.7. The number of nitrogens with zero attached hydrogens (tertiary/aromatic N) is 2. The average molecular weight is 294 g/mol. The Bertz CT molecular complexity index is 543. The molecule has 0 fully saturated rings. The van der Waals surface area contributed by atoms with E-state index in [1.54, 1.807) is 24.4 Å². The van der Waals surface area contributed by atoms with Gasteiger partial charge in [-0.3, -0.25) is 4.79 Å². The summed E-state index contributed by atoms with van der Waals surface area (Å²) in [6, 6.07) is 6.34. The summed E-state index contributed by atoms with van der Waals surface area (Å²) in [5.74, 6) is -0.275. The van der Waals surface area contributed by atoms with E-state index in [4.69, 9.17) is 0 Å². The third kappa shape index (κ3) is 2.79. The summed E-state index contributed by atoms with van der Waals surface area (Å²) in [6.07, 6.45) is 3.00. The SMILES string of the molecule is O=C(Nc1ccc(Br)cn1)c1ncccc1O. The Hall–Kier alpha value is -1.95. The monoisotopic (exact) mass is 293 g/mol. The van der Waals surface area contributed by atoms with Crippen LogP contribution >= 0.6 is 15.9 Å². The second-order valence-electron chi connectivity index (χ2n) is 3.19. The van der Waals surface area contributed by atoms with E-state index in [-0.39, 0.29) is 11.4 Å². The Kier molecular flexibility index (Phi) is 3.34. The zero-order chi connectivity index (χ0) is 12.3. The first-order chi connectivity index (χ1) is 8.16. The summed E-state index contributed by atoms with van der Waals surface area (Å²) in [6.45, 7) is 0. The van der Waals surface area contributed by atoms with Gasteiger partial charge in [0.05, 0.1) is 0 Å². The molecular formula is C11H8BrN3O2. The van der Waals surface area contributed by atoms with Gasteiger partial charge in [-0.15, -0.1) is 0 Å². The van der Waals surface area contributed by atoms with E-state index < -0.39 is 5.91 Å². The van der Waals surface area contributed by atoms with E-state index in [9.17, 15) is 9.90 Å². The highest BCUT2D eigenvalue weighted by molar-refractivity contribution is 9.10. The zero-order valence-corrected chi connectivity index (χ0v) is 10.2. The van der Waals surface area contributed by atoms with Crippen molar-refractivity contribution in [2.24, 2.45) is 0 Å². The van der Waals surface area contributed by atoms with E-state index in [0.29, 0.717) is 5.82 Å². The predicted octanol–water partition coefficient (Wildman–Crippen LogP) is 2.20. The summed E-state index contributed by atoms with van der Waals surface area (Å²) in [4.78, 5) is 19.5. The molecule has 6 heteroatoms. The molecule has 0 aliphatic carbocycles. The van der Waals surface area contributed by atoms with E-state index in [1.807, 2.05) is 0 Å². The van der Waals surface area contributed by atoms with Crippen LogP contribution in [0.3, 0.4) is 0 Å². The van der Waals surface area contributed by atoms with Crippen LogP contribution in [0.5, 0.6) is 5.75 Å². The predicted molar refractivity (Wildman–Crippen MR) is 65.8 cm³/mol. The van der Waals surface area contributed by atoms with Crippen molar-refractivity contribution in [3.8, 4) is 5.75 Å². The van der Waals surface area contributed by atoms with Gasteiger partial charge in [-0.1, -0.05) is 0 Å². The normalized spacial score (nSPS) is 9.94. The van der Waals surface area contributed by atoms with Crippen molar-refractivity contribution in [1.29, 1.82) is 0 Å². The van der Waals surface area contributed by atoms with Crippen LogP contribution < -0.4 is 5.32 Å². The average Bonchev–Trinajstić information content (AvgIpc) is 2.32. The van der Waals surface area contributed by atoms with Crippen LogP contribution in [-0.2, 0) is 0 Å². The number of hydrogen-bond donors (Lipinski definition) is 2. The molecule has 0 bridgehead atoms. The number of pyridine rings is 2. The molecule has 2 N–H and O–H groups in total. The number of rotatable bonds is 2. The molecule has 5 nitrogen and oxygen atoms in total. The molecule has 0 aliphatic heterocycles. The van der Waals surface area contributed by atoms with Gasteiger partial charge in [-0.2, -0.15) is 0 Å². The molecule has 0 atom stereocenters. The van der Waals surface area contributed by atoms with Gasteiger partial charge < -0.3 is 10.4 Å². The van der Waals surface area contributed by atoms with Crippen molar-refractivity contribution in [1.82, 2.24) is 9.97 Å². The Morgan fingerprint density at radius 3 is 2.76 bits per heavy atom. The molecule has 0 spiro atoms. The summed E-state index contributed by atoms with van der Waals surface area (Å²) in [5, 5.41) is 12.0. The van der Waals surface area contributed by atoms with Crippen LogP contribution in [0.15, 0.2) is 41.1 Å². The number of halogens is 1. The second-order valence-corrected chi connectivity index (χ2v) is 4.10. The smallest absolute Gasteiger partial charge is 0.279 e. The van der Waals surface area contributed by atoms with Crippen molar-refractivity contribution in [3.63, 3.8) is 0 Å². The second kappa shape index (κ2) is 4.92. The molecule has 0 saturated heterocycles. The van der Waals surface area contributed by atoms with Gasteiger partial charge >= 0.3 is 0 Å². The van der Waals surface area contributed by atoms with Gasteiger partial charge in [0, 0.05) is 16.9 Å². The molecule has 2 aromatic heterocycles. The highest BCUT2D eigenvalue weighted by Crippen LogP contribution is 2.15. The molecular weight excluding hydrogens is 286 g/mol. The van der Waals surface area contributed by atoms with E-state index in [0.717, 1.165) is 4.47 Å². The van der Waals surface area contributed by atoms with Crippen molar-refractivity contribution in [2.75, 3.05) is 5.32 Å². The minimum Gasteiger partial charge on any atom is -0.505 e. The van der Waals surface area contributed by atoms with Gasteiger partial charge in [0.2, 0.25) is 0 Å². The zero-order valence-electron chi connectivity index (χ0n) is 8.59. The number of anilines is 1. The highest BCUT2D eigenvalue weighted by atomic mass is 79.9. The molecule has 0 unspecified atom stereocenters. The Morgan fingerprint density at radius 2 is 2.12 bits per heavy atom. The molecule has 2 aromatic rings. The first-order valence-electron chi connectivity index (χ1n) is 4.74. The van der Waals surface area contributed by atoms with Crippen LogP contribution in [0.1, 0.15) is 10.5 Å². The lowest BCUT2D eigenvalue weighted by Crippen LogP contribution is -2.14. The molecule has 0 radical (unpaired) electrons. The fourth-order valence-electron chi connectivity index (χ4n) is 1.20. The number of aromatic hydroxyl groups is 1. The van der Waals surface area contributed by atoms with E-state index in [2.05, 4.69) is 31.2 Å². The molecule has 86 valence electrons. The number of amides is 1. The van der Waals surface area contributed by atoms with Crippen LogP contribution in [0.25, 0.3) is 0 Å². The Morgan fingerprint density at radius 1 is 1.29 bits per heavy atom. The number of hydrogen-bond acceptors (Lipinski definition) is 4. The van der Waals surface area contributed by atoms with Gasteiger partial charge in [-0.25, -0.2) is 9.97 Å². The first-order valence-corrected chi connectivity index (χ1v) is 5.53. The quantitative estimate of drug-likeness (QED) is 0.890. The van der Waals surface area contributed by atoms with Gasteiger partial charge in [0.15, 0.2) is 5.69 Å². The number of carbonyl (C=O) groups excluding carboxylic acids is 1. The van der Waals surface area contributed by atoms with Crippen LogP contribution in [0.4, 0.5) is 5.82 Å². The van der Waals surface area contributed by atoms with Crippen LogP contribution in [0, 0.1) is 0 Å². The van der Waals surface area contributed by atoms with Gasteiger partial charge in [0.25, 0.3) is 5.91 Å². The maximum atomic E-state index is 11.7. The summed E-state index contributed by atoms with van der Waals surface area (Å²) in [5.41, 5.74) is -0.0304. The molecule has 0 aliphatic rings. The third-order valence-electron chi connectivity index (χ3n) is 1.97. The summed E-state index contributed by atoms with van der Waals surface area (Å²) >= 11 is 3.24. The lowest BCUT2D eigenvalue weighted by Gasteiger charge is -2.04. The molecule has 1 amide bonds. The van der Waals surface area contributed by atoms with Crippen molar-refractivity contribution < 1.29 is 9.90 Å². The molecule has 2 heterocycles. The minimum absolute atomic E-state index is 0.0304. The largest absolute Gasteiger partial charge is 0.505 e. The lowest BCUT2D eigenvalue weighted by atomic mass is 10.3. The first kappa shape index (κ1) is 11.5. The standard InChI is InChI=1S/C11H8BrN3O2/c12-7-3-4-9(14-6-7)15-11(17)10-8(16)2-1-5-13-10/h1-6,16H,(H,14,15,17). The van der Waals surface area contributed by atoms with Gasteiger partial charge in [-0.05, 0) is 40.2 Å². The van der Waals surface area contributed by atoms with E-state index >= 15 is 0 Å². The summed E-state index contributed by atoms with van der Waals surface area (Å²) < 4.78 is 0.816. The maximum Gasteiger partial charge on any atom is 0.279 e. The molecule has 2 rings (SSSR count). The number of nitrogens with one attached hydrogen (secondary N) is 1. The highest BCUT2D eigenvalue weighted by Gasteiger charge is 2.12.